The quantitative estimate of drug-likeness (QED) is 0.732. The van der Waals surface area contributed by atoms with Crippen LogP contribution in [-0.4, -0.2) is 22.6 Å². The number of pyridine rings is 1. The molecule has 136 valence electrons. The van der Waals surface area contributed by atoms with Crippen LogP contribution in [0.3, 0.4) is 0 Å². The van der Waals surface area contributed by atoms with Gasteiger partial charge in [0.1, 0.15) is 28.9 Å². The normalized spacial score (nSPS) is 11.4. The van der Waals surface area contributed by atoms with Gasteiger partial charge >= 0.3 is 0 Å². The summed E-state index contributed by atoms with van der Waals surface area (Å²) < 4.78 is 23.1. The van der Waals surface area contributed by atoms with E-state index in [1.165, 1.54) is 12.5 Å². The summed E-state index contributed by atoms with van der Waals surface area (Å²) in [7, 11) is 0.0833. The predicted octanol–water partition coefficient (Wildman–Crippen LogP) is 3.45. The third-order valence-corrected chi connectivity index (χ3v) is 4.88. The monoisotopic (exact) mass is 380 g/mol. The minimum atomic E-state index is -1.51. The van der Waals surface area contributed by atoms with E-state index in [1.54, 1.807) is 55.6 Å². The van der Waals surface area contributed by atoms with Gasteiger partial charge < -0.3 is 14.5 Å². The SMILES string of the molecule is COc1ccc(Oc2cccc(-c3c[nH]c(=O)c(C#N)c3S(C)=O)c2)cc1. The van der Waals surface area contributed by atoms with Crippen LogP contribution < -0.4 is 15.0 Å². The van der Waals surface area contributed by atoms with Crippen LogP contribution in [0, 0.1) is 11.3 Å². The van der Waals surface area contributed by atoms with Gasteiger partial charge in [-0.1, -0.05) is 12.1 Å². The third-order valence-electron chi connectivity index (χ3n) is 3.89. The van der Waals surface area contributed by atoms with Crippen molar-refractivity contribution in [3.8, 4) is 34.4 Å². The van der Waals surface area contributed by atoms with Gasteiger partial charge in [0.2, 0.25) is 0 Å². The summed E-state index contributed by atoms with van der Waals surface area (Å²) in [5.74, 6) is 1.92. The minimum absolute atomic E-state index is 0.144. The lowest BCUT2D eigenvalue weighted by molar-refractivity contribution is 0.413. The third kappa shape index (κ3) is 3.91. The molecule has 1 unspecified atom stereocenters. The Hall–Kier alpha value is -3.37. The minimum Gasteiger partial charge on any atom is -0.497 e. The van der Waals surface area contributed by atoms with Gasteiger partial charge in [0, 0.05) is 18.0 Å². The summed E-state index contributed by atoms with van der Waals surface area (Å²) in [6.07, 6.45) is 2.91. The average molecular weight is 380 g/mol. The number of benzene rings is 2. The van der Waals surface area contributed by atoms with E-state index in [2.05, 4.69) is 4.98 Å². The number of ether oxygens (including phenoxy) is 2. The van der Waals surface area contributed by atoms with E-state index >= 15 is 0 Å². The molecule has 27 heavy (non-hydrogen) atoms. The second kappa shape index (κ2) is 7.89. The molecule has 0 amide bonds. The molecule has 0 radical (unpaired) electrons. The molecule has 0 saturated carbocycles. The van der Waals surface area contributed by atoms with Crippen molar-refractivity contribution in [2.24, 2.45) is 0 Å². The lowest BCUT2D eigenvalue weighted by atomic mass is 10.1. The molecule has 0 fully saturated rings. The fourth-order valence-corrected chi connectivity index (χ4v) is 3.55. The number of hydrogen-bond donors (Lipinski definition) is 1. The average Bonchev–Trinajstić information content (AvgIpc) is 2.68. The van der Waals surface area contributed by atoms with Crippen LogP contribution in [-0.2, 0) is 10.8 Å². The fraction of sp³-hybridized carbons (Fsp3) is 0.100. The summed E-state index contributed by atoms with van der Waals surface area (Å²) in [5.41, 5.74) is 0.498. The van der Waals surface area contributed by atoms with Gasteiger partial charge in [0.05, 0.1) is 22.8 Å². The number of aromatic nitrogens is 1. The van der Waals surface area contributed by atoms with Crippen LogP contribution in [0.15, 0.2) is 64.4 Å². The molecule has 0 bridgehead atoms. The van der Waals surface area contributed by atoms with Crippen LogP contribution in [0.4, 0.5) is 0 Å². The highest BCUT2D eigenvalue weighted by Gasteiger charge is 2.17. The second-order valence-electron chi connectivity index (χ2n) is 5.61. The Morgan fingerprint density at radius 1 is 1.07 bits per heavy atom. The number of H-pyrrole nitrogens is 1. The Balaban J connectivity index is 2.02. The van der Waals surface area contributed by atoms with Gasteiger partial charge in [-0.25, -0.2) is 0 Å². The van der Waals surface area contributed by atoms with Crippen molar-refractivity contribution in [1.82, 2.24) is 4.98 Å². The highest BCUT2D eigenvalue weighted by Crippen LogP contribution is 2.31. The van der Waals surface area contributed by atoms with Crippen LogP contribution in [0.1, 0.15) is 5.56 Å². The molecule has 2 aromatic carbocycles. The van der Waals surface area contributed by atoms with Crippen molar-refractivity contribution in [1.29, 1.82) is 5.26 Å². The van der Waals surface area contributed by atoms with Crippen LogP contribution in [0.5, 0.6) is 17.2 Å². The first kappa shape index (κ1) is 18.4. The van der Waals surface area contributed by atoms with E-state index in [-0.39, 0.29) is 10.5 Å². The maximum absolute atomic E-state index is 12.2. The molecule has 0 spiro atoms. The Morgan fingerprint density at radius 2 is 1.78 bits per heavy atom. The molecule has 3 rings (SSSR count). The molecule has 0 aliphatic rings. The van der Waals surface area contributed by atoms with Crippen molar-refractivity contribution >= 4 is 10.8 Å². The van der Waals surface area contributed by atoms with Crippen molar-refractivity contribution < 1.29 is 13.7 Å². The zero-order valence-corrected chi connectivity index (χ0v) is 15.5. The van der Waals surface area contributed by atoms with E-state index in [9.17, 15) is 14.3 Å². The first-order chi connectivity index (χ1) is 13.0. The molecular weight excluding hydrogens is 364 g/mol. The van der Waals surface area contributed by atoms with Gasteiger partial charge in [-0.2, -0.15) is 5.26 Å². The lowest BCUT2D eigenvalue weighted by Gasteiger charge is -2.11. The fourth-order valence-electron chi connectivity index (χ4n) is 2.63. The molecule has 0 saturated heterocycles. The van der Waals surface area contributed by atoms with Gasteiger partial charge in [-0.3, -0.25) is 9.00 Å². The number of nitriles is 1. The first-order valence-electron chi connectivity index (χ1n) is 7.95. The molecule has 3 aromatic rings. The van der Waals surface area contributed by atoms with Gasteiger partial charge in [0.15, 0.2) is 0 Å². The summed E-state index contributed by atoms with van der Waals surface area (Å²) in [4.78, 5) is 14.6. The van der Waals surface area contributed by atoms with E-state index in [4.69, 9.17) is 9.47 Å². The molecular formula is C20H16N2O4S. The molecule has 1 atom stereocenters. The Labute approximate surface area is 158 Å². The van der Waals surface area contributed by atoms with Gasteiger partial charge in [-0.15, -0.1) is 0 Å². The van der Waals surface area contributed by atoms with E-state index in [0.29, 0.717) is 22.6 Å². The zero-order chi connectivity index (χ0) is 19.4. The molecule has 1 N–H and O–H groups in total. The van der Waals surface area contributed by atoms with E-state index in [1.807, 2.05) is 6.07 Å². The number of nitrogens with one attached hydrogen (secondary N) is 1. The number of nitrogens with zero attached hydrogens (tertiary/aromatic N) is 1. The first-order valence-corrected chi connectivity index (χ1v) is 9.51. The van der Waals surface area contributed by atoms with Crippen molar-refractivity contribution in [2.45, 2.75) is 4.90 Å². The number of aromatic amines is 1. The van der Waals surface area contributed by atoms with E-state index in [0.717, 1.165) is 5.75 Å². The molecule has 0 aliphatic carbocycles. The van der Waals surface area contributed by atoms with Crippen LogP contribution >= 0.6 is 0 Å². The highest BCUT2D eigenvalue weighted by molar-refractivity contribution is 7.84. The second-order valence-corrected chi connectivity index (χ2v) is 6.92. The summed E-state index contributed by atoms with van der Waals surface area (Å²) in [6, 6.07) is 16.1. The largest absolute Gasteiger partial charge is 0.497 e. The topological polar surface area (TPSA) is 92.2 Å². The lowest BCUT2D eigenvalue weighted by Crippen LogP contribution is -2.14. The summed E-state index contributed by atoms with van der Waals surface area (Å²) in [5, 5.41) is 9.27. The van der Waals surface area contributed by atoms with Crippen LogP contribution in [0.25, 0.3) is 11.1 Å². The standard InChI is InChI=1S/C20H16N2O4S/c1-25-14-6-8-15(9-7-14)26-16-5-3-4-13(10-16)18-12-22-20(23)17(11-21)19(18)27(2)24/h3-10,12H,1-2H3,(H,22,23). The highest BCUT2D eigenvalue weighted by atomic mass is 32.2. The van der Waals surface area contributed by atoms with E-state index < -0.39 is 16.4 Å². The number of hydrogen-bond acceptors (Lipinski definition) is 5. The van der Waals surface area contributed by atoms with Crippen molar-refractivity contribution in [3.05, 3.63) is 70.6 Å². The predicted molar refractivity (Wildman–Crippen MR) is 103 cm³/mol. The smallest absolute Gasteiger partial charge is 0.267 e. The molecule has 1 heterocycles. The van der Waals surface area contributed by atoms with Crippen LogP contribution in [0.2, 0.25) is 0 Å². The van der Waals surface area contributed by atoms with Gasteiger partial charge in [-0.05, 0) is 42.0 Å². The number of methoxy groups -OCH3 is 1. The Bertz CT molecular complexity index is 1100. The Kier molecular flexibility index (Phi) is 5.38. The summed E-state index contributed by atoms with van der Waals surface area (Å²) in [6.45, 7) is 0. The van der Waals surface area contributed by atoms with Gasteiger partial charge in [0.25, 0.3) is 5.56 Å². The molecule has 7 heteroatoms. The molecule has 0 aliphatic heterocycles. The molecule has 6 nitrogen and oxygen atoms in total. The number of rotatable bonds is 5. The Morgan fingerprint density at radius 3 is 2.41 bits per heavy atom. The maximum atomic E-state index is 12.2. The molecule has 1 aromatic heterocycles. The zero-order valence-electron chi connectivity index (χ0n) is 14.7. The summed E-state index contributed by atoms with van der Waals surface area (Å²) >= 11 is 0. The van der Waals surface area contributed by atoms with Crippen molar-refractivity contribution in [2.75, 3.05) is 13.4 Å². The maximum Gasteiger partial charge on any atom is 0.267 e. The van der Waals surface area contributed by atoms with Crippen molar-refractivity contribution in [3.63, 3.8) is 0 Å².